The summed E-state index contributed by atoms with van der Waals surface area (Å²) in [5.74, 6) is -1.52. The van der Waals surface area contributed by atoms with E-state index >= 15 is 0 Å². The summed E-state index contributed by atoms with van der Waals surface area (Å²) in [5.41, 5.74) is -0.374. The molecule has 5 nitrogen and oxygen atoms in total. The second-order valence-electron chi connectivity index (χ2n) is 4.66. The Morgan fingerprint density at radius 3 is 2.58 bits per heavy atom. The second-order valence-corrected chi connectivity index (χ2v) is 5.05. The number of aromatic nitrogens is 1. The summed E-state index contributed by atoms with van der Waals surface area (Å²) < 4.78 is 0. The molecule has 1 atom stereocenters. The number of hydrogen-bond donors (Lipinski definition) is 2. The molecular formula is C13H17ClN2O3. The second kappa shape index (κ2) is 6.02. The predicted molar refractivity (Wildman–Crippen MR) is 72.4 cm³/mol. The third kappa shape index (κ3) is 3.92. The Labute approximate surface area is 117 Å². The molecule has 0 aliphatic rings. The maximum Gasteiger partial charge on any atom is 0.329 e. The van der Waals surface area contributed by atoms with Crippen molar-refractivity contribution in [3.8, 4) is 0 Å². The fraction of sp³-hybridized carbons (Fsp3) is 0.462. The first kappa shape index (κ1) is 15.4. The third-order valence-electron chi connectivity index (χ3n) is 2.80. The van der Waals surface area contributed by atoms with E-state index in [1.807, 2.05) is 6.92 Å². The Kier molecular flexibility index (Phi) is 4.89. The van der Waals surface area contributed by atoms with Crippen molar-refractivity contribution >= 4 is 23.5 Å². The lowest BCUT2D eigenvalue weighted by atomic mass is 9.96. The van der Waals surface area contributed by atoms with E-state index in [0.29, 0.717) is 24.1 Å². The van der Waals surface area contributed by atoms with Gasteiger partial charge in [-0.05, 0) is 32.4 Å². The molecule has 1 amide bonds. The number of carbonyl (C=O) groups excluding carboxylic acids is 1. The van der Waals surface area contributed by atoms with Crippen molar-refractivity contribution in [3.05, 3.63) is 28.5 Å². The summed E-state index contributed by atoms with van der Waals surface area (Å²) in [5, 5.41) is 12.0. The summed E-state index contributed by atoms with van der Waals surface area (Å²) >= 11 is 5.78. The number of halogens is 1. The van der Waals surface area contributed by atoms with Gasteiger partial charge in [0.2, 0.25) is 0 Å². The number of nitrogens with one attached hydrogen (secondary N) is 1. The molecule has 0 aliphatic carbocycles. The van der Waals surface area contributed by atoms with Gasteiger partial charge in [0.05, 0.1) is 0 Å². The summed E-state index contributed by atoms with van der Waals surface area (Å²) in [6.07, 6.45) is 1.01. The normalized spacial score (nSPS) is 13.7. The van der Waals surface area contributed by atoms with Crippen molar-refractivity contribution in [3.63, 3.8) is 0 Å². The molecule has 1 aromatic heterocycles. The highest BCUT2D eigenvalue weighted by molar-refractivity contribution is 6.29. The lowest BCUT2D eigenvalue weighted by molar-refractivity contribution is -0.144. The molecule has 0 fully saturated rings. The Hall–Kier alpha value is -1.62. The van der Waals surface area contributed by atoms with Gasteiger partial charge in [-0.25, -0.2) is 9.78 Å². The molecule has 6 heteroatoms. The Balaban J connectivity index is 2.97. The number of nitrogens with zero attached hydrogens (tertiary/aromatic N) is 1. The topological polar surface area (TPSA) is 79.3 Å². The van der Waals surface area contributed by atoms with Gasteiger partial charge in [0.15, 0.2) is 0 Å². The third-order valence-corrected chi connectivity index (χ3v) is 2.99. The Bertz CT molecular complexity index is 484. The summed E-state index contributed by atoms with van der Waals surface area (Å²) in [4.78, 5) is 27.3. The molecule has 1 heterocycles. The highest BCUT2D eigenvalue weighted by Gasteiger charge is 2.34. The monoisotopic (exact) mass is 284 g/mol. The van der Waals surface area contributed by atoms with Crippen LogP contribution < -0.4 is 5.32 Å². The molecule has 1 rings (SSSR count). The van der Waals surface area contributed by atoms with Crippen LogP contribution in [0.25, 0.3) is 0 Å². The van der Waals surface area contributed by atoms with E-state index in [2.05, 4.69) is 10.3 Å². The van der Waals surface area contributed by atoms with E-state index in [-0.39, 0.29) is 5.15 Å². The lowest BCUT2D eigenvalue weighted by Crippen LogP contribution is -2.52. The van der Waals surface area contributed by atoms with Gasteiger partial charge in [-0.1, -0.05) is 24.9 Å². The van der Waals surface area contributed by atoms with Gasteiger partial charge < -0.3 is 10.4 Å². The highest BCUT2D eigenvalue weighted by atomic mass is 35.5. The fourth-order valence-corrected chi connectivity index (χ4v) is 2.06. The number of carboxylic acids is 1. The molecule has 0 bridgehead atoms. The quantitative estimate of drug-likeness (QED) is 0.814. The number of carbonyl (C=O) groups is 2. The van der Waals surface area contributed by atoms with E-state index in [1.54, 1.807) is 13.0 Å². The van der Waals surface area contributed by atoms with Crippen LogP contribution in [-0.4, -0.2) is 27.5 Å². The molecule has 104 valence electrons. The molecule has 0 aromatic carbocycles. The molecule has 1 unspecified atom stereocenters. The van der Waals surface area contributed by atoms with E-state index in [0.717, 1.165) is 0 Å². The molecule has 19 heavy (non-hydrogen) atoms. The van der Waals surface area contributed by atoms with Gasteiger partial charge in [-0.15, -0.1) is 0 Å². The minimum absolute atomic E-state index is 0.206. The molecule has 2 N–H and O–H groups in total. The first-order chi connectivity index (χ1) is 8.78. The average molecular weight is 285 g/mol. The van der Waals surface area contributed by atoms with Crippen LogP contribution in [0.3, 0.4) is 0 Å². The zero-order valence-corrected chi connectivity index (χ0v) is 11.9. The van der Waals surface area contributed by atoms with Crippen LogP contribution in [0.1, 0.15) is 42.7 Å². The van der Waals surface area contributed by atoms with Gasteiger partial charge >= 0.3 is 5.97 Å². The smallest absolute Gasteiger partial charge is 0.329 e. The number of rotatable bonds is 5. The Morgan fingerprint density at radius 2 is 2.11 bits per heavy atom. The first-order valence-corrected chi connectivity index (χ1v) is 6.36. The molecule has 1 aromatic rings. The van der Waals surface area contributed by atoms with Crippen LogP contribution >= 0.6 is 11.6 Å². The molecule has 0 saturated carbocycles. The number of aryl methyl sites for hydroxylation is 1. The van der Waals surface area contributed by atoms with Crippen LogP contribution in [0.15, 0.2) is 12.1 Å². The van der Waals surface area contributed by atoms with Crippen molar-refractivity contribution in [2.24, 2.45) is 0 Å². The summed E-state index contributed by atoms with van der Waals surface area (Å²) in [6.45, 7) is 5.07. The van der Waals surface area contributed by atoms with Crippen LogP contribution in [0.5, 0.6) is 0 Å². The van der Waals surface area contributed by atoms with Gasteiger partial charge in [-0.2, -0.15) is 0 Å². The summed E-state index contributed by atoms with van der Waals surface area (Å²) in [6, 6.07) is 2.98. The number of pyridine rings is 1. The van der Waals surface area contributed by atoms with Crippen molar-refractivity contribution in [1.82, 2.24) is 10.3 Å². The van der Waals surface area contributed by atoms with Crippen molar-refractivity contribution in [1.29, 1.82) is 0 Å². The predicted octanol–water partition coefficient (Wildman–Crippen LogP) is 2.42. The number of amides is 1. The highest BCUT2D eigenvalue weighted by Crippen LogP contribution is 2.16. The van der Waals surface area contributed by atoms with Gasteiger partial charge in [0, 0.05) is 11.3 Å². The zero-order valence-electron chi connectivity index (χ0n) is 11.2. The summed E-state index contributed by atoms with van der Waals surface area (Å²) in [7, 11) is 0. The van der Waals surface area contributed by atoms with Crippen LogP contribution in [0, 0.1) is 6.92 Å². The minimum atomic E-state index is -1.28. The molecule has 0 aliphatic heterocycles. The van der Waals surface area contributed by atoms with Crippen LogP contribution in [0.4, 0.5) is 0 Å². The fourth-order valence-electron chi connectivity index (χ4n) is 1.80. The van der Waals surface area contributed by atoms with Crippen molar-refractivity contribution < 1.29 is 14.7 Å². The molecule has 0 radical (unpaired) electrons. The number of carboxylic acid groups (broad SMARTS) is 1. The molecule has 0 saturated heterocycles. The zero-order chi connectivity index (χ0) is 14.6. The van der Waals surface area contributed by atoms with Gasteiger partial charge in [0.1, 0.15) is 10.7 Å². The van der Waals surface area contributed by atoms with E-state index in [1.165, 1.54) is 13.0 Å². The van der Waals surface area contributed by atoms with E-state index in [4.69, 9.17) is 11.6 Å². The number of hydrogen-bond acceptors (Lipinski definition) is 3. The standard InChI is InChI=1S/C13H17ClN2O3/c1-4-5-13(3,12(18)19)16-11(17)9-6-8(2)15-10(14)7-9/h6-7H,4-5H2,1-3H3,(H,16,17)(H,18,19). The van der Waals surface area contributed by atoms with Crippen LogP contribution in [0.2, 0.25) is 5.15 Å². The maximum atomic E-state index is 12.1. The molecular weight excluding hydrogens is 268 g/mol. The largest absolute Gasteiger partial charge is 0.480 e. The van der Waals surface area contributed by atoms with E-state index in [9.17, 15) is 14.7 Å². The average Bonchev–Trinajstić information content (AvgIpc) is 2.27. The van der Waals surface area contributed by atoms with Crippen LogP contribution in [-0.2, 0) is 4.79 Å². The molecule has 0 spiro atoms. The minimum Gasteiger partial charge on any atom is -0.480 e. The number of aliphatic carboxylic acids is 1. The van der Waals surface area contributed by atoms with Crippen molar-refractivity contribution in [2.75, 3.05) is 0 Å². The van der Waals surface area contributed by atoms with E-state index < -0.39 is 17.4 Å². The Morgan fingerprint density at radius 1 is 1.47 bits per heavy atom. The van der Waals surface area contributed by atoms with Gasteiger partial charge in [0.25, 0.3) is 5.91 Å². The first-order valence-electron chi connectivity index (χ1n) is 5.98. The lowest BCUT2D eigenvalue weighted by Gasteiger charge is -2.25. The van der Waals surface area contributed by atoms with Crippen molar-refractivity contribution in [2.45, 2.75) is 39.2 Å². The maximum absolute atomic E-state index is 12.1. The SMILES string of the molecule is CCCC(C)(NC(=O)c1cc(C)nc(Cl)c1)C(=O)O. The van der Waals surface area contributed by atoms with Gasteiger partial charge in [-0.3, -0.25) is 4.79 Å².